The molecule has 0 spiro atoms. The highest BCUT2D eigenvalue weighted by atomic mass is 35.5. The molecule has 1 aromatic rings. The molecule has 0 saturated carbocycles. The van der Waals surface area contributed by atoms with Gasteiger partial charge in [-0.15, -0.1) is 0 Å². The van der Waals surface area contributed by atoms with Gasteiger partial charge in [-0.2, -0.15) is 15.8 Å². The summed E-state index contributed by atoms with van der Waals surface area (Å²) in [4.78, 5) is 0. The standard InChI is InChI=1S/C19H15ClN4/c20-13-5-3-4-12(8-13)17-15-7-2-1-6-14(15)16(9-21)18(24)19(17,10-22)11-23/h1,3-6,8,15,17-18H,2,7,24H2/t15-,17-,18?/m1/s1. The van der Waals surface area contributed by atoms with Crippen molar-refractivity contribution in [3.63, 3.8) is 0 Å². The van der Waals surface area contributed by atoms with E-state index in [4.69, 9.17) is 17.3 Å². The van der Waals surface area contributed by atoms with E-state index in [0.29, 0.717) is 10.6 Å². The molecule has 3 rings (SSSR count). The summed E-state index contributed by atoms with van der Waals surface area (Å²) in [6.45, 7) is 0. The molecule has 0 saturated heterocycles. The highest BCUT2D eigenvalue weighted by Crippen LogP contribution is 2.54. The predicted octanol–water partition coefficient (Wildman–Crippen LogP) is 3.58. The number of nitrogens with zero attached hydrogens (tertiary/aromatic N) is 3. The topological polar surface area (TPSA) is 97.4 Å². The summed E-state index contributed by atoms with van der Waals surface area (Å²) in [5.74, 6) is -0.513. The molecule has 5 heteroatoms. The molecule has 24 heavy (non-hydrogen) atoms. The lowest BCUT2D eigenvalue weighted by atomic mass is 9.55. The first-order chi connectivity index (χ1) is 11.6. The Bertz CT molecular complexity index is 849. The van der Waals surface area contributed by atoms with Crippen molar-refractivity contribution in [2.45, 2.75) is 24.8 Å². The van der Waals surface area contributed by atoms with Gasteiger partial charge < -0.3 is 5.73 Å². The fourth-order valence-electron chi connectivity index (χ4n) is 3.95. The molecule has 2 aliphatic carbocycles. The first-order valence-electron chi connectivity index (χ1n) is 7.73. The molecule has 4 nitrogen and oxygen atoms in total. The molecule has 3 atom stereocenters. The summed E-state index contributed by atoms with van der Waals surface area (Å²) in [7, 11) is 0. The molecule has 0 aromatic heterocycles. The van der Waals surface area contributed by atoms with Crippen molar-refractivity contribution in [2.75, 3.05) is 0 Å². The smallest absolute Gasteiger partial charge is 0.170 e. The third kappa shape index (κ3) is 2.22. The van der Waals surface area contributed by atoms with E-state index in [1.165, 1.54) is 0 Å². The maximum absolute atomic E-state index is 9.88. The Labute approximate surface area is 146 Å². The van der Waals surface area contributed by atoms with E-state index in [-0.39, 0.29) is 5.92 Å². The summed E-state index contributed by atoms with van der Waals surface area (Å²) >= 11 is 6.14. The van der Waals surface area contributed by atoms with Crippen molar-refractivity contribution in [3.8, 4) is 18.2 Å². The number of rotatable bonds is 1. The third-order valence-corrected chi connectivity index (χ3v) is 5.28. The Kier molecular flexibility index (Phi) is 4.16. The normalized spacial score (nSPS) is 27.5. The average Bonchev–Trinajstić information content (AvgIpc) is 2.61. The van der Waals surface area contributed by atoms with E-state index in [1.54, 1.807) is 12.1 Å². The molecule has 0 fully saturated rings. The maximum atomic E-state index is 9.88. The van der Waals surface area contributed by atoms with Crippen molar-refractivity contribution >= 4 is 11.6 Å². The number of fused-ring (bicyclic) bond motifs is 1. The maximum Gasteiger partial charge on any atom is 0.170 e. The van der Waals surface area contributed by atoms with E-state index < -0.39 is 17.4 Å². The summed E-state index contributed by atoms with van der Waals surface area (Å²) in [5.41, 5.74) is 6.79. The van der Waals surface area contributed by atoms with Gasteiger partial charge >= 0.3 is 0 Å². The fourth-order valence-corrected chi connectivity index (χ4v) is 4.15. The van der Waals surface area contributed by atoms with Gasteiger partial charge in [0.2, 0.25) is 0 Å². The van der Waals surface area contributed by atoms with Crippen LogP contribution in [-0.4, -0.2) is 6.04 Å². The number of hydrogen-bond acceptors (Lipinski definition) is 4. The van der Waals surface area contributed by atoms with Crippen molar-refractivity contribution < 1.29 is 0 Å². The highest BCUT2D eigenvalue weighted by molar-refractivity contribution is 6.30. The second kappa shape index (κ2) is 6.14. The van der Waals surface area contributed by atoms with Crippen molar-refractivity contribution in [2.24, 2.45) is 17.1 Å². The molecule has 0 radical (unpaired) electrons. The van der Waals surface area contributed by atoms with E-state index in [1.807, 2.05) is 24.3 Å². The minimum absolute atomic E-state index is 0.0952. The lowest BCUT2D eigenvalue weighted by Gasteiger charge is -2.45. The Morgan fingerprint density at radius 3 is 2.58 bits per heavy atom. The summed E-state index contributed by atoms with van der Waals surface area (Å²) in [5, 5.41) is 29.9. The van der Waals surface area contributed by atoms with Crippen LogP contribution in [0.15, 0.2) is 47.6 Å². The van der Waals surface area contributed by atoms with Gasteiger partial charge in [0.15, 0.2) is 5.41 Å². The molecule has 0 heterocycles. The van der Waals surface area contributed by atoms with Crippen LogP contribution >= 0.6 is 11.6 Å². The van der Waals surface area contributed by atoms with Crippen molar-refractivity contribution in [1.82, 2.24) is 0 Å². The highest BCUT2D eigenvalue weighted by Gasteiger charge is 2.55. The number of benzene rings is 1. The molecular formula is C19H15ClN4. The Hall–Kier alpha value is -2.58. The van der Waals surface area contributed by atoms with E-state index >= 15 is 0 Å². The summed E-state index contributed by atoms with van der Waals surface area (Å²) < 4.78 is 0. The van der Waals surface area contributed by atoms with Crippen molar-refractivity contribution in [3.05, 3.63) is 58.1 Å². The number of nitriles is 3. The lowest BCUT2D eigenvalue weighted by Crippen LogP contribution is -2.51. The lowest BCUT2D eigenvalue weighted by molar-refractivity contribution is 0.261. The second-order valence-electron chi connectivity index (χ2n) is 6.17. The molecule has 2 N–H and O–H groups in total. The second-order valence-corrected chi connectivity index (χ2v) is 6.61. The molecule has 2 aliphatic rings. The van der Waals surface area contributed by atoms with Crippen molar-refractivity contribution in [1.29, 1.82) is 15.8 Å². The first-order valence-corrected chi connectivity index (χ1v) is 8.11. The zero-order valence-electron chi connectivity index (χ0n) is 12.9. The third-order valence-electron chi connectivity index (χ3n) is 5.04. The number of hydrogen-bond donors (Lipinski definition) is 1. The van der Waals surface area contributed by atoms with Crippen LogP contribution in [0, 0.1) is 45.3 Å². The molecule has 0 bridgehead atoms. The quantitative estimate of drug-likeness (QED) is 0.848. The monoisotopic (exact) mass is 334 g/mol. The largest absolute Gasteiger partial charge is 0.321 e. The number of halogens is 1. The van der Waals surface area contributed by atoms with Crippen LogP contribution in [0.1, 0.15) is 24.3 Å². The van der Waals surface area contributed by atoms with Crippen LogP contribution in [0.3, 0.4) is 0 Å². The van der Waals surface area contributed by atoms with Crippen LogP contribution in [0.25, 0.3) is 0 Å². The zero-order chi connectivity index (χ0) is 17.3. The Morgan fingerprint density at radius 2 is 1.96 bits per heavy atom. The van der Waals surface area contributed by atoms with Gasteiger partial charge in [0.25, 0.3) is 0 Å². The Morgan fingerprint density at radius 1 is 1.21 bits per heavy atom. The van der Waals surface area contributed by atoms with Crippen LogP contribution in [0.5, 0.6) is 0 Å². The SMILES string of the molecule is N#CC1=C2C=CCC[C@H]2[C@@H](c2cccc(Cl)c2)C(C#N)(C#N)C1N. The van der Waals surface area contributed by atoms with Gasteiger partial charge in [-0.1, -0.05) is 35.9 Å². The zero-order valence-corrected chi connectivity index (χ0v) is 13.7. The fraction of sp³-hybridized carbons (Fsp3) is 0.316. The molecule has 1 aromatic carbocycles. The number of nitrogens with two attached hydrogens (primary N) is 1. The number of allylic oxidation sites excluding steroid dienone is 3. The molecule has 1 unspecified atom stereocenters. The predicted molar refractivity (Wildman–Crippen MR) is 90.3 cm³/mol. The molecule has 118 valence electrons. The van der Waals surface area contributed by atoms with Crippen LogP contribution < -0.4 is 5.73 Å². The molecular weight excluding hydrogens is 320 g/mol. The summed E-state index contributed by atoms with van der Waals surface area (Å²) in [6.07, 6.45) is 5.54. The average molecular weight is 335 g/mol. The van der Waals surface area contributed by atoms with E-state index in [9.17, 15) is 15.8 Å². The van der Waals surface area contributed by atoms with Gasteiger partial charge in [-0.05, 0) is 42.0 Å². The van der Waals surface area contributed by atoms with Gasteiger partial charge in [0.1, 0.15) is 0 Å². The first kappa shape index (κ1) is 16.3. The van der Waals surface area contributed by atoms with Crippen LogP contribution in [-0.2, 0) is 0 Å². The summed E-state index contributed by atoms with van der Waals surface area (Å²) in [6, 6.07) is 12.7. The van der Waals surface area contributed by atoms with Gasteiger partial charge in [0, 0.05) is 10.9 Å². The minimum Gasteiger partial charge on any atom is -0.321 e. The van der Waals surface area contributed by atoms with Gasteiger partial charge in [-0.3, -0.25) is 0 Å². The van der Waals surface area contributed by atoms with Crippen LogP contribution in [0.2, 0.25) is 5.02 Å². The Balaban J connectivity index is 2.31. The molecule has 0 aliphatic heterocycles. The van der Waals surface area contributed by atoms with Crippen LogP contribution in [0.4, 0.5) is 0 Å². The van der Waals surface area contributed by atoms with E-state index in [2.05, 4.69) is 18.2 Å². The van der Waals surface area contributed by atoms with Gasteiger partial charge in [-0.25, -0.2) is 0 Å². The minimum atomic E-state index is -1.49. The van der Waals surface area contributed by atoms with Gasteiger partial charge in [0.05, 0.1) is 29.8 Å². The van der Waals surface area contributed by atoms with E-state index in [0.717, 1.165) is 24.0 Å². The molecule has 0 amide bonds.